The molecule has 0 atom stereocenters. The highest BCUT2D eigenvalue weighted by atomic mass is 79.9. The van der Waals surface area contributed by atoms with Gasteiger partial charge >= 0.3 is 12.0 Å². The second-order valence-corrected chi connectivity index (χ2v) is 8.74. The number of nitrogens with zero attached hydrogens (tertiary/aromatic N) is 1. The minimum atomic E-state index is -0.918. The summed E-state index contributed by atoms with van der Waals surface area (Å²) in [5.41, 5.74) is 1.24. The Balaban J connectivity index is 1.62. The van der Waals surface area contributed by atoms with Crippen LogP contribution >= 0.6 is 15.9 Å². The molecule has 0 saturated carbocycles. The standard InChI is InChI=1S/C27H20BrFN2O6/c1-2-36-26(34)17-5-10-21(11-6-17)31-25(33)22(24(32)30-27(31)35)14-18-13-19(28)7-12-23(18)37-15-16-3-8-20(29)9-4-16/h3-14H,2,15H2,1H3,(H,30,32,35)/b22-14+. The number of amides is 4. The first-order chi connectivity index (χ1) is 17.8. The van der Waals surface area contributed by atoms with Gasteiger partial charge in [0.15, 0.2) is 0 Å². The van der Waals surface area contributed by atoms with Gasteiger partial charge in [-0.05, 0) is 73.2 Å². The molecular formula is C27H20BrFN2O6. The smallest absolute Gasteiger partial charge is 0.338 e. The minimum Gasteiger partial charge on any atom is -0.488 e. The molecule has 0 bridgehead atoms. The van der Waals surface area contributed by atoms with E-state index >= 15 is 0 Å². The first-order valence-electron chi connectivity index (χ1n) is 11.1. The molecule has 8 nitrogen and oxygen atoms in total. The van der Waals surface area contributed by atoms with Gasteiger partial charge in [-0.25, -0.2) is 18.9 Å². The third-order valence-corrected chi connectivity index (χ3v) is 5.81. The average Bonchev–Trinajstić information content (AvgIpc) is 2.87. The Morgan fingerprint density at radius 3 is 2.41 bits per heavy atom. The van der Waals surface area contributed by atoms with Gasteiger partial charge in [-0.15, -0.1) is 0 Å². The number of imide groups is 2. The van der Waals surface area contributed by atoms with Crippen molar-refractivity contribution in [2.75, 3.05) is 11.5 Å². The molecule has 0 aromatic heterocycles. The van der Waals surface area contributed by atoms with E-state index in [1.165, 1.54) is 42.5 Å². The SMILES string of the molecule is CCOC(=O)c1ccc(N2C(=O)NC(=O)/C(=C\c3cc(Br)ccc3OCc3ccc(F)cc3)C2=O)cc1. The summed E-state index contributed by atoms with van der Waals surface area (Å²) in [6.07, 6.45) is 1.33. The summed E-state index contributed by atoms with van der Waals surface area (Å²) in [5, 5.41) is 2.16. The topological polar surface area (TPSA) is 102 Å². The summed E-state index contributed by atoms with van der Waals surface area (Å²) < 4.78 is 24.7. The molecule has 4 rings (SSSR count). The maximum absolute atomic E-state index is 13.3. The predicted molar refractivity (Wildman–Crippen MR) is 136 cm³/mol. The van der Waals surface area contributed by atoms with E-state index < -0.39 is 23.8 Å². The lowest BCUT2D eigenvalue weighted by molar-refractivity contribution is -0.122. The van der Waals surface area contributed by atoms with Crippen LogP contribution in [-0.4, -0.2) is 30.4 Å². The van der Waals surface area contributed by atoms with Gasteiger partial charge in [0.1, 0.15) is 23.7 Å². The largest absolute Gasteiger partial charge is 0.488 e. The fraction of sp³-hybridized carbons (Fsp3) is 0.111. The second-order valence-electron chi connectivity index (χ2n) is 7.82. The third kappa shape index (κ3) is 5.92. The molecule has 37 heavy (non-hydrogen) atoms. The van der Waals surface area contributed by atoms with Crippen molar-refractivity contribution in [2.24, 2.45) is 0 Å². The van der Waals surface area contributed by atoms with Crippen molar-refractivity contribution >= 4 is 51.5 Å². The lowest BCUT2D eigenvalue weighted by Gasteiger charge is -2.26. The summed E-state index contributed by atoms with van der Waals surface area (Å²) in [7, 11) is 0. The van der Waals surface area contributed by atoms with Gasteiger partial charge in [0, 0.05) is 10.0 Å². The molecule has 0 radical (unpaired) electrons. The molecule has 188 valence electrons. The molecule has 3 aromatic carbocycles. The summed E-state index contributed by atoms with van der Waals surface area (Å²) in [4.78, 5) is 51.1. The van der Waals surface area contributed by atoms with Crippen LogP contribution in [0.25, 0.3) is 6.08 Å². The van der Waals surface area contributed by atoms with Crippen molar-refractivity contribution in [1.29, 1.82) is 0 Å². The number of halogens is 2. The Labute approximate surface area is 219 Å². The Kier molecular flexibility index (Phi) is 7.78. The molecule has 1 saturated heterocycles. The van der Waals surface area contributed by atoms with Crippen LogP contribution in [0.2, 0.25) is 0 Å². The zero-order chi connectivity index (χ0) is 26.5. The fourth-order valence-electron chi connectivity index (χ4n) is 3.51. The van der Waals surface area contributed by atoms with E-state index in [-0.39, 0.29) is 35.9 Å². The van der Waals surface area contributed by atoms with Crippen molar-refractivity contribution in [3.8, 4) is 5.75 Å². The van der Waals surface area contributed by atoms with Crippen molar-refractivity contribution < 1.29 is 33.0 Å². The molecule has 1 aliphatic heterocycles. The van der Waals surface area contributed by atoms with Crippen LogP contribution in [0.15, 0.2) is 76.8 Å². The van der Waals surface area contributed by atoms with Gasteiger partial charge in [0.25, 0.3) is 11.8 Å². The number of hydrogen-bond donors (Lipinski definition) is 1. The monoisotopic (exact) mass is 566 g/mol. The minimum absolute atomic E-state index is 0.121. The van der Waals surface area contributed by atoms with Crippen LogP contribution in [0.3, 0.4) is 0 Å². The van der Waals surface area contributed by atoms with Crippen LogP contribution in [0.5, 0.6) is 5.75 Å². The first kappa shape index (κ1) is 25.8. The van der Waals surface area contributed by atoms with E-state index in [2.05, 4.69) is 21.2 Å². The molecule has 0 spiro atoms. The van der Waals surface area contributed by atoms with Crippen LogP contribution in [0, 0.1) is 5.82 Å². The van der Waals surface area contributed by atoms with Crippen molar-refractivity contribution in [1.82, 2.24) is 5.32 Å². The lowest BCUT2D eigenvalue weighted by atomic mass is 10.1. The number of anilines is 1. The molecular weight excluding hydrogens is 547 g/mol. The van der Waals surface area contributed by atoms with E-state index in [0.29, 0.717) is 15.8 Å². The van der Waals surface area contributed by atoms with E-state index in [1.54, 1.807) is 37.3 Å². The van der Waals surface area contributed by atoms with Crippen LogP contribution in [0.1, 0.15) is 28.4 Å². The summed E-state index contributed by atoms with van der Waals surface area (Å²) in [6, 6.07) is 15.6. The summed E-state index contributed by atoms with van der Waals surface area (Å²) in [6.45, 7) is 2.00. The van der Waals surface area contributed by atoms with Crippen LogP contribution < -0.4 is 15.0 Å². The van der Waals surface area contributed by atoms with Gasteiger partial charge < -0.3 is 9.47 Å². The van der Waals surface area contributed by atoms with E-state index in [1.807, 2.05) is 0 Å². The summed E-state index contributed by atoms with van der Waals surface area (Å²) in [5.74, 6) is -2.25. The molecule has 1 N–H and O–H groups in total. The molecule has 0 unspecified atom stereocenters. The van der Waals surface area contributed by atoms with E-state index in [0.717, 1.165) is 10.5 Å². The molecule has 4 amide bonds. The third-order valence-electron chi connectivity index (χ3n) is 5.32. The molecule has 10 heteroatoms. The first-order valence-corrected chi connectivity index (χ1v) is 11.9. The van der Waals surface area contributed by atoms with Gasteiger partial charge in [0.2, 0.25) is 0 Å². The number of rotatable bonds is 7. The normalized spacial score (nSPS) is 14.5. The van der Waals surface area contributed by atoms with Crippen molar-refractivity contribution in [2.45, 2.75) is 13.5 Å². The van der Waals surface area contributed by atoms with Gasteiger partial charge in [0.05, 0.1) is 17.9 Å². The molecule has 1 heterocycles. The quantitative estimate of drug-likeness (QED) is 0.245. The molecule has 3 aromatic rings. The maximum atomic E-state index is 13.3. The Morgan fingerprint density at radius 2 is 1.73 bits per heavy atom. The number of ether oxygens (including phenoxy) is 2. The number of carbonyl (C=O) groups is 4. The molecule has 0 aliphatic carbocycles. The van der Waals surface area contributed by atoms with E-state index in [4.69, 9.17) is 9.47 Å². The number of esters is 1. The van der Waals surface area contributed by atoms with E-state index in [9.17, 15) is 23.6 Å². The Hall–Kier alpha value is -4.31. The lowest BCUT2D eigenvalue weighted by Crippen LogP contribution is -2.54. The number of carbonyl (C=O) groups excluding carboxylic acids is 4. The van der Waals surface area contributed by atoms with Crippen LogP contribution in [0.4, 0.5) is 14.9 Å². The van der Waals surface area contributed by atoms with Gasteiger partial charge in [-0.1, -0.05) is 28.1 Å². The van der Waals surface area contributed by atoms with Crippen molar-refractivity contribution in [3.63, 3.8) is 0 Å². The van der Waals surface area contributed by atoms with Crippen molar-refractivity contribution in [3.05, 3.63) is 99.3 Å². The van der Waals surface area contributed by atoms with Crippen LogP contribution in [-0.2, 0) is 20.9 Å². The highest BCUT2D eigenvalue weighted by Crippen LogP contribution is 2.29. The number of nitrogens with one attached hydrogen (secondary N) is 1. The Morgan fingerprint density at radius 1 is 1.03 bits per heavy atom. The maximum Gasteiger partial charge on any atom is 0.338 e. The Bertz CT molecular complexity index is 1400. The molecule has 1 aliphatic rings. The number of urea groups is 1. The zero-order valence-corrected chi connectivity index (χ0v) is 21.1. The number of benzene rings is 3. The average molecular weight is 567 g/mol. The van der Waals surface area contributed by atoms with Gasteiger partial charge in [-0.2, -0.15) is 0 Å². The number of hydrogen-bond acceptors (Lipinski definition) is 6. The summed E-state index contributed by atoms with van der Waals surface area (Å²) >= 11 is 3.37. The highest BCUT2D eigenvalue weighted by molar-refractivity contribution is 9.10. The molecule has 1 fully saturated rings. The second kappa shape index (κ2) is 11.2. The highest BCUT2D eigenvalue weighted by Gasteiger charge is 2.37. The zero-order valence-electron chi connectivity index (χ0n) is 19.5. The fourth-order valence-corrected chi connectivity index (χ4v) is 3.89. The number of barbiturate groups is 1. The predicted octanol–water partition coefficient (Wildman–Crippen LogP) is 5.01. The van der Waals surface area contributed by atoms with Gasteiger partial charge in [-0.3, -0.25) is 14.9 Å².